The molecule has 4 aliphatic carbocycles. The largest absolute Gasteiger partial charge is 0.340 e. The third-order valence-electron chi connectivity index (χ3n) is 8.45. The molecule has 2 unspecified atom stereocenters. The number of hydrogen-bond donors (Lipinski definition) is 0. The summed E-state index contributed by atoms with van der Waals surface area (Å²) in [5, 5.41) is 4.65. The monoisotopic (exact) mass is 561 g/mol. The summed E-state index contributed by atoms with van der Waals surface area (Å²) in [6.45, 7) is 4.49. The molecule has 1 aromatic heterocycles. The highest BCUT2D eigenvalue weighted by molar-refractivity contribution is 9.10. The van der Waals surface area contributed by atoms with Gasteiger partial charge in [0.15, 0.2) is 0 Å². The number of benzene rings is 1. The fourth-order valence-electron chi connectivity index (χ4n) is 7.52. The molecule has 5 aliphatic rings. The van der Waals surface area contributed by atoms with Crippen molar-refractivity contribution in [1.29, 1.82) is 0 Å². The van der Waals surface area contributed by atoms with Gasteiger partial charge in [-0.3, -0.25) is 9.69 Å². The second-order valence-electron chi connectivity index (χ2n) is 10.6. The van der Waals surface area contributed by atoms with Crippen molar-refractivity contribution in [1.82, 2.24) is 24.6 Å². The topological polar surface area (TPSA) is 54.3 Å². The molecule has 1 aliphatic heterocycles. The molecule has 1 saturated heterocycles. The summed E-state index contributed by atoms with van der Waals surface area (Å²) < 4.78 is 3.90. The molecule has 2 atom stereocenters. The Balaban J connectivity index is 1.17. The van der Waals surface area contributed by atoms with E-state index in [-0.39, 0.29) is 11.0 Å². The van der Waals surface area contributed by atoms with E-state index >= 15 is 0 Å². The summed E-state index contributed by atoms with van der Waals surface area (Å²) in [7, 11) is 0. The van der Waals surface area contributed by atoms with Crippen LogP contribution in [0.3, 0.4) is 0 Å². The summed E-state index contributed by atoms with van der Waals surface area (Å²) in [5.41, 5.74) is 1.09. The van der Waals surface area contributed by atoms with E-state index in [0.29, 0.717) is 22.5 Å². The maximum absolute atomic E-state index is 14.0. The second kappa shape index (κ2) is 7.91. The molecule has 2 aromatic rings. The molecule has 8 heteroatoms. The number of hydrogen-bond acceptors (Lipinski definition) is 4. The Hall–Kier alpha value is -1.25. The lowest BCUT2D eigenvalue weighted by molar-refractivity contribution is -0.168. The fourth-order valence-corrected chi connectivity index (χ4v) is 8.19. The van der Waals surface area contributed by atoms with Gasteiger partial charge in [0.25, 0.3) is 0 Å². The first-order chi connectivity index (χ1) is 15.4. The number of carbonyl (C=O) groups is 1. The van der Waals surface area contributed by atoms with Crippen LogP contribution in [0.4, 0.5) is 0 Å². The van der Waals surface area contributed by atoms with Crippen molar-refractivity contribution in [3.05, 3.63) is 45.4 Å². The smallest absolute Gasteiger partial charge is 0.228 e. The molecule has 32 heavy (non-hydrogen) atoms. The summed E-state index contributed by atoms with van der Waals surface area (Å²) in [4.78, 5) is 23.0. The quantitative estimate of drug-likeness (QED) is 0.553. The van der Waals surface area contributed by atoms with Gasteiger partial charge in [0.1, 0.15) is 6.33 Å². The van der Waals surface area contributed by atoms with Gasteiger partial charge in [0.2, 0.25) is 10.6 Å². The zero-order valence-electron chi connectivity index (χ0n) is 18.2. The van der Waals surface area contributed by atoms with Crippen LogP contribution >= 0.6 is 31.9 Å². The van der Waals surface area contributed by atoms with Crippen molar-refractivity contribution >= 4 is 37.8 Å². The van der Waals surface area contributed by atoms with Gasteiger partial charge in [0, 0.05) is 37.2 Å². The molecule has 4 bridgehead atoms. The molecule has 0 radical (unpaired) electrons. The van der Waals surface area contributed by atoms with E-state index < -0.39 is 0 Å². The zero-order valence-corrected chi connectivity index (χ0v) is 21.4. The Labute approximate surface area is 206 Å². The van der Waals surface area contributed by atoms with E-state index in [0.717, 1.165) is 69.3 Å². The molecule has 2 heterocycles. The van der Waals surface area contributed by atoms with Crippen LogP contribution in [0.1, 0.15) is 44.1 Å². The van der Waals surface area contributed by atoms with Gasteiger partial charge in [-0.2, -0.15) is 0 Å². The van der Waals surface area contributed by atoms with Crippen molar-refractivity contribution < 1.29 is 4.79 Å². The molecule has 1 amide bonds. The Bertz CT molecular complexity index is 1020. The van der Waals surface area contributed by atoms with E-state index in [9.17, 15) is 4.79 Å². The van der Waals surface area contributed by atoms with Crippen LogP contribution in [-0.2, 0) is 16.9 Å². The first kappa shape index (κ1) is 21.3. The highest BCUT2D eigenvalue weighted by atomic mass is 79.9. The van der Waals surface area contributed by atoms with Gasteiger partial charge in [-0.15, -0.1) is 5.10 Å². The minimum absolute atomic E-state index is 0.0276. The number of nitrogens with zero attached hydrogens (tertiary/aromatic N) is 5. The number of amides is 1. The highest BCUT2D eigenvalue weighted by Gasteiger charge is 2.62. The van der Waals surface area contributed by atoms with Crippen LogP contribution < -0.4 is 0 Å². The summed E-state index contributed by atoms with van der Waals surface area (Å²) in [6, 6.07) is 8.43. The lowest BCUT2D eigenvalue weighted by Gasteiger charge is -2.61. The number of piperazine rings is 1. The fraction of sp³-hybridized carbons (Fsp3) is 0.625. The molecular weight excluding hydrogens is 534 g/mol. The number of carbonyl (C=O) groups excluding carboxylic acids is 1. The Kier molecular flexibility index (Phi) is 5.26. The van der Waals surface area contributed by atoms with Gasteiger partial charge < -0.3 is 4.90 Å². The average molecular weight is 563 g/mol. The van der Waals surface area contributed by atoms with Crippen molar-refractivity contribution in [2.75, 3.05) is 26.2 Å². The van der Waals surface area contributed by atoms with Crippen LogP contribution in [0.2, 0.25) is 0 Å². The molecule has 0 spiro atoms. The predicted molar refractivity (Wildman–Crippen MR) is 129 cm³/mol. The summed E-state index contributed by atoms with van der Waals surface area (Å²) in [6.07, 6.45) is 8.51. The Morgan fingerprint density at radius 3 is 2.41 bits per heavy atom. The zero-order chi connectivity index (χ0) is 21.9. The standard InChI is InChI=1S/C24H29Br2N5O/c25-20-4-2-1-3-19(20)14-29-5-7-30(8-6-29)21(32)23-10-17-9-18(11-23)13-24(12-17,15-23)31-16-27-22(26)28-31/h1-4,16-18H,5-15H2. The van der Waals surface area contributed by atoms with Gasteiger partial charge in [-0.05, 0) is 77.9 Å². The molecule has 170 valence electrons. The van der Waals surface area contributed by atoms with Crippen molar-refractivity contribution in [2.45, 2.75) is 50.6 Å². The minimum Gasteiger partial charge on any atom is -0.340 e. The van der Waals surface area contributed by atoms with E-state index in [1.807, 2.05) is 6.33 Å². The predicted octanol–water partition coefficient (Wildman–Crippen LogP) is 4.44. The molecular formula is C24H29Br2N5O. The lowest BCUT2D eigenvalue weighted by Crippen LogP contribution is -2.62. The van der Waals surface area contributed by atoms with E-state index in [4.69, 9.17) is 0 Å². The molecule has 1 aromatic carbocycles. The van der Waals surface area contributed by atoms with Crippen LogP contribution in [0.15, 0.2) is 39.8 Å². The Morgan fingerprint density at radius 2 is 1.75 bits per heavy atom. The summed E-state index contributed by atoms with van der Waals surface area (Å²) >= 11 is 7.09. The van der Waals surface area contributed by atoms with Crippen LogP contribution in [0, 0.1) is 17.3 Å². The van der Waals surface area contributed by atoms with Crippen LogP contribution in [0.5, 0.6) is 0 Å². The maximum Gasteiger partial charge on any atom is 0.228 e. The van der Waals surface area contributed by atoms with Gasteiger partial charge in [-0.25, -0.2) is 9.67 Å². The van der Waals surface area contributed by atoms with Crippen LogP contribution in [0.25, 0.3) is 0 Å². The minimum atomic E-state index is -0.201. The average Bonchev–Trinajstić information content (AvgIpc) is 3.22. The molecule has 5 fully saturated rings. The van der Waals surface area contributed by atoms with E-state index in [2.05, 4.69) is 80.7 Å². The van der Waals surface area contributed by atoms with Gasteiger partial charge >= 0.3 is 0 Å². The number of aromatic nitrogens is 3. The number of rotatable bonds is 4. The van der Waals surface area contributed by atoms with Gasteiger partial charge in [0.05, 0.1) is 11.0 Å². The van der Waals surface area contributed by atoms with E-state index in [1.165, 1.54) is 12.0 Å². The number of halogens is 2. The normalized spacial score (nSPS) is 34.2. The van der Waals surface area contributed by atoms with E-state index in [1.54, 1.807) is 0 Å². The molecule has 6 nitrogen and oxygen atoms in total. The maximum atomic E-state index is 14.0. The molecule has 7 rings (SSSR count). The Morgan fingerprint density at radius 1 is 1.03 bits per heavy atom. The summed E-state index contributed by atoms with van der Waals surface area (Å²) in [5.74, 6) is 1.69. The van der Waals surface area contributed by atoms with Gasteiger partial charge in [-0.1, -0.05) is 34.1 Å². The third kappa shape index (κ3) is 3.57. The molecule has 0 N–H and O–H groups in total. The SMILES string of the molecule is O=C(N1CCN(Cc2ccccc2Br)CC1)C12CC3CC(C1)CC(n1cnc(Br)n1)(C3)C2. The third-order valence-corrected chi connectivity index (χ3v) is 9.58. The highest BCUT2D eigenvalue weighted by Crippen LogP contribution is 2.64. The van der Waals surface area contributed by atoms with Crippen LogP contribution in [-0.4, -0.2) is 56.7 Å². The first-order valence-electron chi connectivity index (χ1n) is 11.8. The molecule has 4 saturated carbocycles. The van der Waals surface area contributed by atoms with Crippen molar-refractivity contribution in [3.63, 3.8) is 0 Å². The van der Waals surface area contributed by atoms with Crippen molar-refractivity contribution in [3.8, 4) is 0 Å². The lowest BCUT2D eigenvalue weighted by atomic mass is 9.46. The first-order valence-corrected chi connectivity index (χ1v) is 13.4. The second-order valence-corrected chi connectivity index (χ2v) is 12.1. The van der Waals surface area contributed by atoms with Crippen molar-refractivity contribution in [2.24, 2.45) is 17.3 Å².